The van der Waals surface area contributed by atoms with E-state index in [1.807, 2.05) is 0 Å². The summed E-state index contributed by atoms with van der Waals surface area (Å²) in [4.78, 5) is 2.73. The lowest BCUT2D eigenvalue weighted by atomic mass is 10.2. The van der Waals surface area contributed by atoms with E-state index in [-0.39, 0.29) is 12.4 Å². The van der Waals surface area contributed by atoms with E-state index in [4.69, 9.17) is 11.6 Å². The Hall–Kier alpha value is -0.370. The van der Waals surface area contributed by atoms with E-state index >= 15 is 0 Å². The lowest BCUT2D eigenvalue weighted by Gasteiger charge is -2.37. The van der Waals surface area contributed by atoms with E-state index in [9.17, 15) is 8.42 Å². The molecule has 1 atom stereocenters. The van der Waals surface area contributed by atoms with Crippen LogP contribution in [0.1, 0.15) is 12.0 Å². The van der Waals surface area contributed by atoms with Gasteiger partial charge in [-0.25, -0.2) is 8.42 Å². The Balaban J connectivity index is 0.00000192. The molecule has 1 unspecified atom stereocenters. The number of benzene rings is 1. The molecule has 1 N–H and O–H groups in total. The molecule has 2 aliphatic rings. The molecule has 0 saturated carbocycles. The van der Waals surface area contributed by atoms with Crippen LogP contribution in [0.15, 0.2) is 23.1 Å². The molecular formula is C15H23Cl2N3O2S. The highest BCUT2D eigenvalue weighted by Gasteiger charge is 2.32. The first-order valence-electron chi connectivity index (χ1n) is 7.70. The second kappa shape index (κ2) is 7.68. The molecule has 0 spiro atoms. The van der Waals surface area contributed by atoms with Crippen molar-refractivity contribution < 1.29 is 8.42 Å². The van der Waals surface area contributed by atoms with Gasteiger partial charge in [0, 0.05) is 43.8 Å². The van der Waals surface area contributed by atoms with Crippen molar-refractivity contribution in [3.63, 3.8) is 0 Å². The molecular weight excluding hydrogens is 357 g/mol. The molecule has 130 valence electrons. The van der Waals surface area contributed by atoms with Crippen molar-refractivity contribution in [1.29, 1.82) is 0 Å². The van der Waals surface area contributed by atoms with E-state index in [0.717, 1.165) is 32.6 Å². The van der Waals surface area contributed by atoms with Gasteiger partial charge in [0.2, 0.25) is 10.0 Å². The van der Waals surface area contributed by atoms with Crippen LogP contribution in [0.4, 0.5) is 0 Å². The molecule has 0 radical (unpaired) electrons. The fraction of sp³-hybridized carbons (Fsp3) is 0.600. The Kier molecular flexibility index (Phi) is 6.33. The number of nitrogens with one attached hydrogen (secondary N) is 1. The van der Waals surface area contributed by atoms with Gasteiger partial charge in [0.1, 0.15) is 0 Å². The smallest absolute Gasteiger partial charge is 0.243 e. The maximum Gasteiger partial charge on any atom is 0.243 e. The molecule has 2 fully saturated rings. The predicted molar refractivity (Wildman–Crippen MR) is 95.0 cm³/mol. The zero-order valence-electron chi connectivity index (χ0n) is 13.2. The number of sulfonamides is 1. The van der Waals surface area contributed by atoms with E-state index in [0.29, 0.717) is 34.6 Å². The molecule has 5 nitrogen and oxygen atoms in total. The van der Waals surface area contributed by atoms with E-state index in [1.165, 1.54) is 0 Å². The maximum atomic E-state index is 12.8. The van der Waals surface area contributed by atoms with Gasteiger partial charge in [-0.15, -0.1) is 12.4 Å². The molecule has 1 aromatic rings. The lowest BCUT2D eigenvalue weighted by molar-refractivity contribution is 0.145. The zero-order valence-corrected chi connectivity index (χ0v) is 15.6. The molecule has 2 aliphatic heterocycles. The van der Waals surface area contributed by atoms with Crippen LogP contribution in [0, 0.1) is 6.92 Å². The summed E-state index contributed by atoms with van der Waals surface area (Å²) in [6, 6.07) is 5.62. The Bertz CT molecular complexity index is 640. The fourth-order valence-electron chi connectivity index (χ4n) is 3.27. The lowest BCUT2D eigenvalue weighted by Crippen LogP contribution is -2.52. The van der Waals surface area contributed by atoms with Crippen molar-refractivity contribution in [3.05, 3.63) is 28.8 Å². The van der Waals surface area contributed by atoms with Crippen LogP contribution in [-0.4, -0.2) is 62.9 Å². The normalized spacial score (nSPS) is 23.7. The molecule has 0 aliphatic carbocycles. The van der Waals surface area contributed by atoms with Gasteiger partial charge >= 0.3 is 0 Å². The highest BCUT2D eigenvalue weighted by atomic mass is 35.5. The SMILES string of the molecule is Cc1c(Cl)cccc1S(=O)(=O)N1CCN(C2CCNC2)CC1.Cl. The molecule has 0 bridgehead atoms. The van der Waals surface area contributed by atoms with Gasteiger partial charge in [-0.3, -0.25) is 4.90 Å². The van der Waals surface area contributed by atoms with Crippen LogP contribution in [0.3, 0.4) is 0 Å². The molecule has 1 aromatic carbocycles. The summed E-state index contributed by atoms with van der Waals surface area (Å²) in [5, 5.41) is 3.86. The molecule has 0 aromatic heterocycles. The summed E-state index contributed by atoms with van der Waals surface area (Å²) in [6.45, 7) is 6.52. The van der Waals surface area contributed by atoms with Gasteiger partial charge in [-0.2, -0.15) is 4.31 Å². The first-order valence-corrected chi connectivity index (χ1v) is 9.52. The molecule has 2 heterocycles. The Morgan fingerprint density at radius 3 is 2.52 bits per heavy atom. The monoisotopic (exact) mass is 379 g/mol. The quantitative estimate of drug-likeness (QED) is 0.868. The van der Waals surface area contributed by atoms with Crippen molar-refractivity contribution in [2.24, 2.45) is 0 Å². The summed E-state index contributed by atoms with van der Waals surface area (Å²) in [7, 11) is -3.46. The van der Waals surface area contributed by atoms with Gasteiger partial charge in [-0.05, 0) is 37.6 Å². The first kappa shape index (κ1) is 19.0. The minimum Gasteiger partial charge on any atom is -0.315 e. The second-order valence-corrected chi connectivity index (χ2v) is 8.26. The van der Waals surface area contributed by atoms with E-state index < -0.39 is 10.0 Å². The average molecular weight is 380 g/mol. The number of hydrogen-bond acceptors (Lipinski definition) is 4. The summed E-state index contributed by atoms with van der Waals surface area (Å²) in [5.41, 5.74) is 0.631. The van der Waals surface area contributed by atoms with Gasteiger partial charge < -0.3 is 5.32 Å². The highest BCUT2D eigenvalue weighted by Crippen LogP contribution is 2.26. The number of piperazine rings is 1. The topological polar surface area (TPSA) is 52.7 Å². The fourth-order valence-corrected chi connectivity index (χ4v) is 5.17. The number of hydrogen-bond donors (Lipinski definition) is 1. The number of rotatable bonds is 3. The minimum absolute atomic E-state index is 0. The molecule has 8 heteroatoms. The van der Waals surface area contributed by atoms with Gasteiger partial charge in [-0.1, -0.05) is 17.7 Å². The molecule has 23 heavy (non-hydrogen) atoms. The van der Waals surface area contributed by atoms with Gasteiger partial charge in [0.05, 0.1) is 4.90 Å². The van der Waals surface area contributed by atoms with Crippen LogP contribution in [0.2, 0.25) is 5.02 Å². The minimum atomic E-state index is -3.46. The maximum absolute atomic E-state index is 12.8. The zero-order chi connectivity index (χ0) is 15.7. The number of halogens is 2. The Morgan fingerprint density at radius 2 is 1.91 bits per heavy atom. The van der Waals surface area contributed by atoms with Crippen LogP contribution < -0.4 is 5.32 Å². The first-order chi connectivity index (χ1) is 10.5. The van der Waals surface area contributed by atoms with Crippen LogP contribution >= 0.6 is 24.0 Å². The Morgan fingerprint density at radius 1 is 1.22 bits per heavy atom. The summed E-state index contributed by atoms with van der Waals surface area (Å²) in [5.74, 6) is 0. The van der Waals surface area contributed by atoms with Crippen LogP contribution in [0.5, 0.6) is 0 Å². The van der Waals surface area contributed by atoms with Crippen molar-refractivity contribution in [2.75, 3.05) is 39.3 Å². The largest absolute Gasteiger partial charge is 0.315 e. The summed E-state index contributed by atoms with van der Waals surface area (Å²) >= 11 is 6.07. The van der Waals surface area contributed by atoms with Crippen LogP contribution in [-0.2, 0) is 10.0 Å². The summed E-state index contributed by atoms with van der Waals surface area (Å²) < 4.78 is 27.2. The van der Waals surface area contributed by atoms with E-state index in [2.05, 4.69) is 10.2 Å². The predicted octanol–water partition coefficient (Wildman–Crippen LogP) is 1.74. The second-order valence-electron chi connectivity index (χ2n) is 5.95. The van der Waals surface area contributed by atoms with E-state index in [1.54, 1.807) is 29.4 Å². The van der Waals surface area contributed by atoms with Gasteiger partial charge in [0.15, 0.2) is 0 Å². The number of nitrogens with zero attached hydrogens (tertiary/aromatic N) is 2. The molecule has 3 rings (SSSR count). The molecule has 2 saturated heterocycles. The van der Waals surface area contributed by atoms with Crippen LogP contribution in [0.25, 0.3) is 0 Å². The van der Waals surface area contributed by atoms with Gasteiger partial charge in [0.25, 0.3) is 0 Å². The third kappa shape index (κ3) is 3.83. The third-order valence-electron chi connectivity index (χ3n) is 4.66. The van der Waals surface area contributed by atoms with Crippen molar-refractivity contribution in [1.82, 2.24) is 14.5 Å². The Labute approximate surface area is 149 Å². The average Bonchev–Trinajstić information content (AvgIpc) is 3.04. The van der Waals surface area contributed by atoms with Crippen molar-refractivity contribution >= 4 is 34.0 Å². The van der Waals surface area contributed by atoms with Crippen molar-refractivity contribution in [2.45, 2.75) is 24.3 Å². The highest BCUT2D eigenvalue weighted by molar-refractivity contribution is 7.89. The molecule has 0 amide bonds. The summed E-state index contributed by atoms with van der Waals surface area (Å²) in [6.07, 6.45) is 1.15. The third-order valence-corrected chi connectivity index (χ3v) is 7.11. The van der Waals surface area contributed by atoms with Crippen molar-refractivity contribution in [3.8, 4) is 0 Å². The standard InChI is InChI=1S/C15H22ClN3O2S.ClH/c1-12-14(16)3-2-4-15(12)22(20,21)19-9-7-18(8-10-19)13-5-6-17-11-13;/h2-4,13,17H,5-11H2,1H3;1H.